The van der Waals surface area contributed by atoms with E-state index < -0.39 is 6.36 Å². The highest BCUT2D eigenvalue weighted by Gasteiger charge is 2.30. The van der Waals surface area contributed by atoms with Crippen molar-refractivity contribution >= 4 is 0 Å². The van der Waals surface area contributed by atoms with Gasteiger partial charge in [-0.15, -0.1) is 19.8 Å². The van der Waals surface area contributed by atoms with Gasteiger partial charge in [-0.05, 0) is 43.5 Å². The van der Waals surface area contributed by atoms with Crippen molar-refractivity contribution in [1.82, 2.24) is 5.32 Å². The van der Waals surface area contributed by atoms with Crippen LogP contribution in [0.5, 0.6) is 5.75 Å². The number of ether oxygens (including phenoxy) is 1. The topological polar surface area (TPSA) is 21.3 Å². The average molecular weight is 287 g/mol. The molecule has 0 aliphatic rings. The second-order valence-corrected chi connectivity index (χ2v) is 4.57. The van der Waals surface area contributed by atoms with Crippen molar-refractivity contribution in [3.63, 3.8) is 0 Å². The molecule has 0 saturated heterocycles. The first-order chi connectivity index (χ1) is 9.44. The van der Waals surface area contributed by atoms with Crippen LogP contribution in [0.3, 0.4) is 0 Å². The highest BCUT2D eigenvalue weighted by molar-refractivity contribution is 5.28. The van der Waals surface area contributed by atoms with Gasteiger partial charge in [0, 0.05) is 6.04 Å². The molecule has 2 nitrogen and oxygen atoms in total. The minimum atomic E-state index is -4.64. The lowest BCUT2D eigenvalue weighted by Crippen LogP contribution is -2.31. The van der Waals surface area contributed by atoms with Crippen molar-refractivity contribution in [3.05, 3.63) is 42.5 Å². The molecule has 1 atom stereocenters. The molecule has 0 saturated carbocycles. The summed E-state index contributed by atoms with van der Waals surface area (Å²) < 4.78 is 40.0. The number of benzene rings is 1. The molecule has 0 aliphatic heterocycles. The molecule has 1 aromatic carbocycles. The fourth-order valence-electron chi connectivity index (χ4n) is 1.90. The van der Waals surface area contributed by atoms with Crippen molar-refractivity contribution in [1.29, 1.82) is 0 Å². The fraction of sp³-hybridized carbons (Fsp3) is 0.467. The molecule has 1 rings (SSSR count). The maximum Gasteiger partial charge on any atom is 0.573 e. The maximum atomic E-state index is 12.0. The Balaban J connectivity index is 2.60. The van der Waals surface area contributed by atoms with E-state index in [0.717, 1.165) is 31.4 Å². The molecular weight excluding hydrogens is 267 g/mol. The molecule has 1 aromatic rings. The molecule has 1 N–H and O–H groups in total. The van der Waals surface area contributed by atoms with Crippen molar-refractivity contribution in [3.8, 4) is 5.75 Å². The molecule has 0 radical (unpaired) electrons. The highest BCUT2D eigenvalue weighted by Crippen LogP contribution is 2.23. The Morgan fingerprint density at radius 3 is 2.45 bits per heavy atom. The lowest BCUT2D eigenvalue weighted by atomic mass is 10.0. The number of halogens is 3. The van der Waals surface area contributed by atoms with Gasteiger partial charge in [-0.3, -0.25) is 0 Å². The van der Waals surface area contributed by atoms with Gasteiger partial charge in [0.25, 0.3) is 0 Å². The predicted octanol–water partition coefficient (Wildman–Crippen LogP) is 4.07. The van der Waals surface area contributed by atoms with Crippen LogP contribution >= 0.6 is 0 Å². The lowest BCUT2D eigenvalue weighted by Gasteiger charge is -2.17. The van der Waals surface area contributed by atoms with E-state index >= 15 is 0 Å². The SMILES string of the molecule is C=CCC(Cc1ccc(OC(F)(F)F)cc1)NCCC. The monoisotopic (exact) mass is 287 g/mol. The van der Waals surface area contributed by atoms with Gasteiger partial charge in [-0.2, -0.15) is 0 Å². The van der Waals surface area contributed by atoms with E-state index in [-0.39, 0.29) is 11.8 Å². The molecule has 20 heavy (non-hydrogen) atoms. The summed E-state index contributed by atoms with van der Waals surface area (Å²) in [6, 6.07) is 6.25. The average Bonchev–Trinajstić information content (AvgIpc) is 2.37. The Bertz CT molecular complexity index is 401. The van der Waals surface area contributed by atoms with E-state index in [4.69, 9.17) is 0 Å². The summed E-state index contributed by atoms with van der Waals surface area (Å²) in [4.78, 5) is 0. The first-order valence-electron chi connectivity index (χ1n) is 6.63. The zero-order valence-corrected chi connectivity index (χ0v) is 11.5. The summed E-state index contributed by atoms with van der Waals surface area (Å²) in [5, 5.41) is 3.39. The van der Waals surface area contributed by atoms with Crippen molar-refractivity contribution in [2.45, 2.75) is 38.6 Å². The van der Waals surface area contributed by atoms with Crippen LogP contribution in [0.25, 0.3) is 0 Å². The minimum absolute atomic E-state index is 0.192. The van der Waals surface area contributed by atoms with Gasteiger partial charge in [-0.25, -0.2) is 0 Å². The van der Waals surface area contributed by atoms with Gasteiger partial charge in [0.1, 0.15) is 5.75 Å². The molecule has 112 valence electrons. The summed E-state index contributed by atoms with van der Waals surface area (Å²) >= 11 is 0. The van der Waals surface area contributed by atoms with Crippen LogP contribution in [0.1, 0.15) is 25.3 Å². The van der Waals surface area contributed by atoms with E-state index in [1.807, 2.05) is 6.08 Å². The van der Waals surface area contributed by atoms with Crippen LogP contribution in [0.2, 0.25) is 0 Å². The summed E-state index contributed by atoms with van der Waals surface area (Å²) in [5.74, 6) is -0.192. The van der Waals surface area contributed by atoms with Crippen LogP contribution in [0.4, 0.5) is 13.2 Å². The van der Waals surface area contributed by atoms with E-state index in [2.05, 4.69) is 23.6 Å². The zero-order chi connectivity index (χ0) is 15.0. The normalized spacial score (nSPS) is 13.0. The molecule has 0 heterocycles. The molecule has 0 aromatic heterocycles. The third-order valence-electron chi connectivity index (χ3n) is 2.77. The number of nitrogens with one attached hydrogen (secondary N) is 1. The van der Waals surface area contributed by atoms with E-state index in [0.29, 0.717) is 0 Å². The lowest BCUT2D eigenvalue weighted by molar-refractivity contribution is -0.274. The van der Waals surface area contributed by atoms with E-state index in [1.54, 1.807) is 12.1 Å². The van der Waals surface area contributed by atoms with Crippen LogP contribution < -0.4 is 10.1 Å². The first kappa shape index (κ1) is 16.6. The highest BCUT2D eigenvalue weighted by atomic mass is 19.4. The van der Waals surface area contributed by atoms with Gasteiger partial charge >= 0.3 is 6.36 Å². The Morgan fingerprint density at radius 1 is 1.30 bits per heavy atom. The second-order valence-electron chi connectivity index (χ2n) is 4.57. The summed E-state index contributed by atoms with van der Waals surface area (Å²) in [5.41, 5.74) is 0.968. The van der Waals surface area contributed by atoms with Gasteiger partial charge in [0.15, 0.2) is 0 Å². The summed E-state index contributed by atoms with van der Waals surface area (Å²) in [6.45, 7) is 6.71. The molecule has 0 bridgehead atoms. The van der Waals surface area contributed by atoms with Crippen molar-refractivity contribution < 1.29 is 17.9 Å². The predicted molar refractivity (Wildman–Crippen MR) is 73.7 cm³/mol. The van der Waals surface area contributed by atoms with Gasteiger partial charge in [0.05, 0.1) is 0 Å². The van der Waals surface area contributed by atoms with Crippen molar-refractivity contribution in [2.75, 3.05) is 6.54 Å². The Labute approximate surface area is 117 Å². The third kappa shape index (κ3) is 6.61. The first-order valence-corrected chi connectivity index (χ1v) is 6.63. The number of hydrogen-bond acceptors (Lipinski definition) is 2. The summed E-state index contributed by atoms with van der Waals surface area (Å²) in [7, 11) is 0. The molecule has 0 aliphatic carbocycles. The number of hydrogen-bond donors (Lipinski definition) is 1. The molecule has 0 amide bonds. The number of rotatable bonds is 8. The van der Waals surface area contributed by atoms with E-state index in [9.17, 15) is 13.2 Å². The molecule has 5 heteroatoms. The minimum Gasteiger partial charge on any atom is -0.406 e. The van der Waals surface area contributed by atoms with Crippen LogP contribution in [-0.2, 0) is 6.42 Å². The smallest absolute Gasteiger partial charge is 0.406 e. The molecule has 0 spiro atoms. The van der Waals surface area contributed by atoms with Gasteiger partial charge in [0.2, 0.25) is 0 Å². The second kappa shape index (κ2) is 7.94. The van der Waals surface area contributed by atoms with Crippen molar-refractivity contribution in [2.24, 2.45) is 0 Å². The maximum absolute atomic E-state index is 12.0. The molecule has 0 fully saturated rings. The standard InChI is InChI=1S/C15H20F3NO/c1-3-5-13(19-10-4-2)11-12-6-8-14(9-7-12)20-15(16,17)18/h3,6-9,13,19H,1,4-5,10-11H2,2H3. The zero-order valence-electron chi connectivity index (χ0n) is 11.5. The summed E-state index contributed by atoms with van der Waals surface area (Å²) in [6.07, 6.45) is -0.199. The van der Waals surface area contributed by atoms with Gasteiger partial charge < -0.3 is 10.1 Å². The van der Waals surface area contributed by atoms with Crippen LogP contribution in [0, 0.1) is 0 Å². The third-order valence-corrected chi connectivity index (χ3v) is 2.77. The van der Waals surface area contributed by atoms with Crippen LogP contribution in [-0.4, -0.2) is 18.9 Å². The molecular formula is C15H20F3NO. The Hall–Kier alpha value is -1.49. The van der Waals surface area contributed by atoms with Gasteiger partial charge in [-0.1, -0.05) is 25.1 Å². The van der Waals surface area contributed by atoms with E-state index in [1.165, 1.54) is 12.1 Å². The fourth-order valence-corrected chi connectivity index (χ4v) is 1.90. The Kier molecular flexibility index (Phi) is 6.58. The Morgan fingerprint density at radius 2 is 1.95 bits per heavy atom. The molecule has 1 unspecified atom stereocenters. The van der Waals surface area contributed by atoms with Crippen LogP contribution in [0.15, 0.2) is 36.9 Å². The number of alkyl halides is 3. The quantitative estimate of drug-likeness (QED) is 0.728. The largest absolute Gasteiger partial charge is 0.573 e.